The third-order valence-electron chi connectivity index (χ3n) is 3.86. The van der Waals surface area contributed by atoms with Gasteiger partial charge in [0.2, 0.25) is 11.8 Å². The van der Waals surface area contributed by atoms with Gasteiger partial charge >= 0.3 is 0 Å². The van der Waals surface area contributed by atoms with Crippen LogP contribution < -0.4 is 21.5 Å². The highest BCUT2D eigenvalue weighted by molar-refractivity contribution is 5.75. The maximum absolute atomic E-state index is 13.8. The smallest absolute Gasteiger partial charge is 0.219 e. The van der Waals surface area contributed by atoms with E-state index in [-0.39, 0.29) is 30.7 Å². The number of carbonyl (C=O) groups is 2. The second-order valence-corrected chi connectivity index (χ2v) is 6.07. The summed E-state index contributed by atoms with van der Waals surface area (Å²) < 4.78 is 19.3. The third-order valence-corrected chi connectivity index (χ3v) is 3.86. The normalized spacial score (nSPS) is 11.8. The van der Waals surface area contributed by atoms with Crippen molar-refractivity contribution in [3.05, 3.63) is 29.6 Å². The van der Waals surface area contributed by atoms with Crippen molar-refractivity contribution in [2.75, 3.05) is 13.7 Å². The Hall–Kier alpha value is -2.15. The second kappa shape index (κ2) is 11.4. The molecule has 0 spiro atoms. The number of unbranched alkanes of at least 4 members (excludes halogenated alkanes) is 2. The zero-order valence-electron chi connectivity index (χ0n) is 14.7. The molecule has 1 aromatic carbocycles. The number of aryl methyl sites for hydroxylation is 1. The molecule has 6 nitrogen and oxygen atoms in total. The maximum atomic E-state index is 13.8. The van der Waals surface area contributed by atoms with Crippen LogP contribution in [0.2, 0.25) is 0 Å². The highest BCUT2D eigenvalue weighted by atomic mass is 19.1. The van der Waals surface area contributed by atoms with Crippen LogP contribution in [-0.2, 0) is 16.0 Å². The van der Waals surface area contributed by atoms with Crippen LogP contribution >= 0.6 is 0 Å². The monoisotopic (exact) mass is 353 g/mol. The highest BCUT2D eigenvalue weighted by Gasteiger charge is 2.09. The van der Waals surface area contributed by atoms with Crippen molar-refractivity contribution >= 4 is 11.8 Å². The minimum Gasteiger partial charge on any atom is -0.489 e. The van der Waals surface area contributed by atoms with Gasteiger partial charge in [0.15, 0.2) is 11.6 Å². The molecule has 0 saturated carbocycles. The Morgan fingerprint density at radius 1 is 1.24 bits per heavy atom. The lowest BCUT2D eigenvalue weighted by atomic mass is 10.1. The molecule has 0 aliphatic heterocycles. The number of amides is 2. The molecular formula is C18H28FN3O3. The Morgan fingerprint density at radius 3 is 2.68 bits per heavy atom. The number of primary amides is 1. The van der Waals surface area contributed by atoms with Crippen molar-refractivity contribution < 1.29 is 18.7 Å². The summed E-state index contributed by atoms with van der Waals surface area (Å²) in [5.74, 6) is -0.645. The summed E-state index contributed by atoms with van der Waals surface area (Å²) in [7, 11) is 1.63. The van der Waals surface area contributed by atoms with Gasteiger partial charge in [0.25, 0.3) is 0 Å². The van der Waals surface area contributed by atoms with Crippen molar-refractivity contribution in [1.82, 2.24) is 5.32 Å². The first-order chi connectivity index (χ1) is 11.9. The highest BCUT2D eigenvalue weighted by Crippen LogP contribution is 2.20. The minimum atomic E-state index is -0.439. The molecule has 1 rings (SSSR count). The molecule has 0 aliphatic rings. The fourth-order valence-electron chi connectivity index (χ4n) is 2.34. The Kier molecular flexibility index (Phi) is 9.54. The largest absolute Gasteiger partial charge is 0.489 e. The summed E-state index contributed by atoms with van der Waals surface area (Å²) in [6.45, 7) is 0.125. The summed E-state index contributed by atoms with van der Waals surface area (Å²) >= 11 is 0. The molecule has 0 aliphatic carbocycles. The molecule has 0 heterocycles. The van der Waals surface area contributed by atoms with Gasteiger partial charge in [-0.25, -0.2) is 4.39 Å². The van der Waals surface area contributed by atoms with E-state index < -0.39 is 11.7 Å². The lowest BCUT2D eigenvalue weighted by molar-refractivity contribution is -0.120. The van der Waals surface area contributed by atoms with Crippen LogP contribution in [0.5, 0.6) is 5.75 Å². The van der Waals surface area contributed by atoms with Crippen LogP contribution in [0.3, 0.4) is 0 Å². The zero-order valence-corrected chi connectivity index (χ0v) is 14.7. The number of halogens is 1. The Labute approximate surface area is 148 Å². The fraction of sp³-hybridized carbons (Fsp3) is 0.556. The summed E-state index contributed by atoms with van der Waals surface area (Å²) in [6.07, 6.45) is 4.58. The first kappa shape index (κ1) is 20.9. The van der Waals surface area contributed by atoms with Crippen molar-refractivity contribution in [1.29, 1.82) is 0 Å². The van der Waals surface area contributed by atoms with Crippen LogP contribution in [0.25, 0.3) is 0 Å². The predicted molar refractivity (Wildman–Crippen MR) is 94.5 cm³/mol. The number of carbonyl (C=O) groups excluding carboxylic acids is 2. The lowest BCUT2D eigenvalue weighted by Crippen LogP contribution is -2.29. The van der Waals surface area contributed by atoms with E-state index >= 15 is 0 Å². The summed E-state index contributed by atoms with van der Waals surface area (Å²) in [4.78, 5) is 21.9. The molecular weight excluding hydrogens is 325 g/mol. The van der Waals surface area contributed by atoms with E-state index in [4.69, 9.17) is 16.2 Å². The van der Waals surface area contributed by atoms with Crippen LogP contribution in [0.4, 0.5) is 4.39 Å². The van der Waals surface area contributed by atoms with E-state index in [1.807, 2.05) is 0 Å². The molecule has 0 bridgehead atoms. The molecule has 25 heavy (non-hydrogen) atoms. The fourth-order valence-corrected chi connectivity index (χ4v) is 2.34. The number of hydrogen-bond donors (Lipinski definition) is 3. The van der Waals surface area contributed by atoms with E-state index in [0.29, 0.717) is 12.8 Å². The van der Waals surface area contributed by atoms with Gasteiger partial charge in [-0.2, -0.15) is 0 Å². The van der Waals surface area contributed by atoms with Crippen LogP contribution in [0.1, 0.15) is 44.1 Å². The average Bonchev–Trinajstić information content (AvgIpc) is 2.59. The third kappa shape index (κ3) is 9.05. The Morgan fingerprint density at radius 2 is 2.00 bits per heavy atom. The number of nitrogens with one attached hydrogen (secondary N) is 1. The van der Waals surface area contributed by atoms with E-state index in [1.54, 1.807) is 19.2 Å². The lowest BCUT2D eigenvalue weighted by Gasteiger charge is -2.14. The van der Waals surface area contributed by atoms with Gasteiger partial charge in [-0.05, 0) is 43.4 Å². The van der Waals surface area contributed by atoms with Gasteiger partial charge < -0.3 is 21.5 Å². The zero-order chi connectivity index (χ0) is 18.7. The van der Waals surface area contributed by atoms with Crippen molar-refractivity contribution in [3.8, 4) is 5.75 Å². The van der Waals surface area contributed by atoms with Crippen molar-refractivity contribution in [2.45, 2.75) is 51.0 Å². The molecule has 7 heteroatoms. The van der Waals surface area contributed by atoms with Crippen LogP contribution in [0.15, 0.2) is 18.2 Å². The predicted octanol–water partition coefficient (Wildman–Crippen LogP) is 1.65. The number of nitrogens with two attached hydrogens (primary N) is 2. The summed E-state index contributed by atoms with van der Waals surface area (Å²) in [5, 5.41) is 2.59. The van der Waals surface area contributed by atoms with Gasteiger partial charge in [-0.1, -0.05) is 12.5 Å². The molecule has 1 atom stereocenters. The molecule has 0 unspecified atom stereocenters. The molecule has 0 fully saturated rings. The van der Waals surface area contributed by atoms with Gasteiger partial charge in [0.05, 0.1) is 0 Å². The molecule has 0 saturated heterocycles. The molecule has 1 aromatic rings. The first-order valence-electron chi connectivity index (χ1n) is 8.58. The Bertz CT molecular complexity index is 566. The van der Waals surface area contributed by atoms with Gasteiger partial charge in [-0.3, -0.25) is 9.59 Å². The molecule has 140 valence electrons. The van der Waals surface area contributed by atoms with Crippen LogP contribution in [-0.4, -0.2) is 31.5 Å². The number of hydrogen-bond acceptors (Lipinski definition) is 4. The maximum Gasteiger partial charge on any atom is 0.219 e. The number of rotatable bonds is 12. The molecule has 0 aromatic heterocycles. The van der Waals surface area contributed by atoms with E-state index in [0.717, 1.165) is 31.2 Å². The quantitative estimate of drug-likeness (QED) is 0.497. The van der Waals surface area contributed by atoms with E-state index in [9.17, 15) is 14.0 Å². The Balaban J connectivity index is 2.39. The summed E-state index contributed by atoms with van der Waals surface area (Å²) in [6, 6.07) is 4.41. The summed E-state index contributed by atoms with van der Waals surface area (Å²) in [5.41, 5.74) is 11.9. The van der Waals surface area contributed by atoms with Crippen molar-refractivity contribution in [2.24, 2.45) is 11.5 Å². The average molecular weight is 353 g/mol. The topological polar surface area (TPSA) is 107 Å². The van der Waals surface area contributed by atoms with Gasteiger partial charge in [0.1, 0.15) is 6.61 Å². The SMILES string of the molecule is CNC(=O)CCCCCc1ccc(F)c(OC[C@@H](N)CCC(N)=O)c1. The minimum absolute atomic E-state index is 0.0464. The number of ether oxygens (including phenoxy) is 1. The van der Waals surface area contributed by atoms with Gasteiger partial charge in [0, 0.05) is 25.9 Å². The molecule has 5 N–H and O–H groups in total. The van der Waals surface area contributed by atoms with E-state index in [1.165, 1.54) is 6.07 Å². The van der Waals surface area contributed by atoms with Crippen molar-refractivity contribution in [3.63, 3.8) is 0 Å². The van der Waals surface area contributed by atoms with Gasteiger partial charge in [-0.15, -0.1) is 0 Å². The second-order valence-electron chi connectivity index (χ2n) is 6.07. The standard InChI is InChI=1S/C18H28FN3O3/c1-22-18(24)6-4-2-3-5-13-7-9-15(19)16(11-13)25-12-14(20)8-10-17(21)23/h7,9,11,14H,2-6,8,10,12,20H2,1H3,(H2,21,23)(H,22,24)/t14-/m0/s1. The first-order valence-corrected chi connectivity index (χ1v) is 8.58. The van der Waals surface area contributed by atoms with Crippen LogP contribution in [0, 0.1) is 5.82 Å². The molecule has 0 radical (unpaired) electrons. The molecule has 2 amide bonds. The van der Waals surface area contributed by atoms with E-state index in [2.05, 4.69) is 5.32 Å². The number of benzene rings is 1.